The lowest BCUT2D eigenvalue weighted by Gasteiger charge is -2.31. The predicted octanol–water partition coefficient (Wildman–Crippen LogP) is 3.24. The van der Waals surface area contributed by atoms with E-state index in [-0.39, 0.29) is 11.4 Å². The summed E-state index contributed by atoms with van der Waals surface area (Å²) >= 11 is 3.40. The maximum atomic E-state index is 12.0. The van der Waals surface area contributed by atoms with Crippen molar-refractivity contribution >= 4 is 21.8 Å². The summed E-state index contributed by atoms with van der Waals surface area (Å²) in [6.07, 6.45) is 2.84. The Morgan fingerprint density at radius 1 is 1.38 bits per heavy atom. The fourth-order valence-electron chi connectivity index (χ4n) is 2.10. The molecule has 0 aliphatic heterocycles. The SMILES string of the molecule is CCC(CC)(CN)NC(=O)CCCOc1cccc(Br)c1. The van der Waals surface area contributed by atoms with Gasteiger partial charge in [-0.2, -0.15) is 0 Å². The van der Waals surface area contributed by atoms with Crippen LogP contribution in [0.25, 0.3) is 0 Å². The number of carbonyl (C=O) groups excluding carboxylic acids is 1. The summed E-state index contributed by atoms with van der Waals surface area (Å²) < 4.78 is 6.59. The fraction of sp³-hybridized carbons (Fsp3) is 0.562. The van der Waals surface area contributed by atoms with Crippen LogP contribution in [0.1, 0.15) is 39.5 Å². The maximum absolute atomic E-state index is 12.0. The van der Waals surface area contributed by atoms with Gasteiger partial charge in [0.25, 0.3) is 0 Å². The first-order valence-electron chi connectivity index (χ1n) is 7.44. The zero-order chi connectivity index (χ0) is 15.7. The minimum Gasteiger partial charge on any atom is -0.494 e. The second-order valence-electron chi connectivity index (χ2n) is 5.15. The van der Waals surface area contributed by atoms with Crippen molar-refractivity contribution in [1.29, 1.82) is 0 Å². The van der Waals surface area contributed by atoms with Gasteiger partial charge in [-0.25, -0.2) is 0 Å². The summed E-state index contributed by atoms with van der Waals surface area (Å²) in [6.45, 7) is 5.10. The van der Waals surface area contributed by atoms with Crippen molar-refractivity contribution in [2.75, 3.05) is 13.2 Å². The zero-order valence-electron chi connectivity index (χ0n) is 12.8. The molecule has 0 aliphatic rings. The van der Waals surface area contributed by atoms with Crippen molar-refractivity contribution < 1.29 is 9.53 Å². The predicted molar refractivity (Wildman–Crippen MR) is 89.4 cm³/mol. The Hall–Kier alpha value is -1.07. The molecule has 0 aromatic heterocycles. The second kappa shape index (κ2) is 9.05. The Morgan fingerprint density at radius 3 is 2.67 bits per heavy atom. The van der Waals surface area contributed by atoms with E-state index in [2.05, 4.69) is 21.2 Å². The largest absolute Gasteiger partial charge is 0.494 e. The van der Waals surface area contributed by atoms with Gasteiger partial charge >= 0.3 is 0 Å². The molecule has 0 bridgehead atoms. The van der Waals surface area contributed by atoms with Gasteiger partial charge < -0.3 is 15.8 Å². The number of amides is 1. The number of nitrogens with one attached hydrogen (secondary N) is 1. The Labute approximate surface area is 135 Å². The molecular formula is C16H25BrN2O2. The van der Waals surface area contributed by atoms with E-state index in [4.69, 9.17) is 10.5 Å². The van der Waals surface area contributed by atoms with Gasteiger partial charge in [0.2, 0.25) is 5.91 Å². The number of ether oxygens (including phenoxy) is 1. The van der Waals surface area contributed by atoms with Gasteiger partial charge in [0.15, 0.2) is 0 Å². The van der Waals surface area contributed by atoms with Crippen LogP contribution in [-0.2, 0) is 4.79 Å². The highest BCUT2D eigenvalue weighted by molar-refractivity contribution is 9.10. The summed E-state index contributed by atoms with van der Waals surface area (Å²) in [5.74, 6) is 0.852. The van der Waals surface area contributed by atoms with Crippen molar-refractivity contribution in [2.45, 2.75) is 45.1 Å². The van der Waals surface area contributed by atoms with Gasteiger partial charge in [-0.05, 0) is 37.5 Å². The van der Waals surface area contributed by atoms with Crippen LogP contribution in [0.2, 0.25) is 0 Å². The summed E-state index contributed by atoms with van der Waals surface area (Å²) in [7, 11) is 0. The van der Waals surface area contributed by atoms with Gasteiger partial charge in [0, 0.05) is 17.4 Å². The number of benzene rings is 1. The molecule has 0 fully saturated rings. The minimum absolute atomic E-state index is 0.0435. The van der Waals surface area contributed by atoms with Crippen LogP contribution in [0, 0.1) is 0 Å². The normalized spacial score (nSPS) is 11.2. The first-order chi connectivity index (χ1) is 10.0. The van der Waals surface area contributed by atoms with Crippen molar-refractivity contribution in [3.63, 3.8) is 0 Å². The van der Waals surface area contributed by atoms with Crippen LogP contribution >= 0.6 is 15.9 Å². The van der Waals surface area contributed by atoms with Gasteiger partial charge in [-0.1, -0.05) is 35.8 Å². The summed E-state index contributed by atoms with van der Waals surface area (Å²) in [6, 6.07) is 7.68. The molecule has 0 spiro atoms. The lowest BCUT2D eigenvalue weighted by Crippen LogP contribution is -2.52. The Morgan fingerprint density at radius 2 is 2.10 bits per heavy atom. The maximum Gasteiger partial charge on any atom is 0.220 e. The molecule has 0 saturated heterocycles. The summed E-state index contributed by atoms with van der Waals surface area (Å²) in [4.78, 5) is 12.0. The minimum atomic E-state index is -0.262. The first-order valence-corrected chi connectivity index (χ1v) is 8.24. The number of halogens is 1. The average Bonchev–Trinajstić information content (AvgIpc) is 2.49. The number of carbonyl (C=O) groups is 1. The Balaban J connectivity index is 2.30. The van der Waals surface area contributed by atoms with Crippen LogP contribution in [0.5, 0.6) is 5.75 Å². The molecule has 0 aliphatic carbocycles. The number of hydrogen-bond donors (Lipinski definition) is 2. The molecule has 118 valence electrons. The quantitative estimate of drug-likeness (QED) is 0.667. The van der Waals surface area contributed by atoms with Gasteiger partial charge in [0.05, 0.1) is 12.1 Å². The molecule has 0 saturated carbocycles. The van der Waals surface area contributed by atoms with Gasteiger partial charge in [-0.15, -0.1) is 0 Å². The number of nitrogens with two attached hydrogens (primary N) is 1. The smallest absolute Gasteiger partial charge is 0.220 e. The van der Waals surface area contributed by atoms with Crippen molar-refractivity contribution in [1.82, 2.24) is 5.32 Å². The van der Waals surface area contributed by atoms with E-state index >= 15 is 0 Å². The Kier molecular flexibility index (Phi) is 7.75. The molecular weight excluding hydrogens is 332 g/mol. The molecule has 1 amide bonds. The third kappa shape index (κ3) is 6.06. The number of hydrogen-bond acceptors (Lipinski definition) is 3. The average molecular weight is 357 g/mol. The summed E-state index contributed by atoms with van der Waals surface area (Å²) in [5, 5.41) is 3.06. The van der Waals surface area contributed by atoms with E-state index in [1.807, 2.05) is 38.1 Å². The van der Waals surface area contributed by atoms with Crippen LogP contribution in [0.15, 0.2) is 28.7 Å². The first kappa shape index (κ1) is 18.0. The van der Waals surface area contributed by atoms with Crippen LogP contribution in [0.3, 0.4) is 0 Å². The third-order valence-corrected chi connectivity index (χ3v) is 4.26. The molecule has 21 heavy (non-hydrogen) atoms. The highest BCUT2D eigenvalue weighted by Gasteiger charge is 2.25. The van der Waals surface area contributed by atoms with E-state index < -0.39 is 0 Å². The third-order valence-electron chi connectivity index (χ3n) is 3.76. The second-order valence-corrected chi connectivity index (χ2v) is 6.06. The van der Waals surface area contributed by atoms with Crippen LogP contribution in [0.4, 0.5) is 0 Å². The molecule has 5 heteroatoms. The zero-order valence-corrected chi connectivity index (χ0v) is 14.4. The van der Waals surface area contributed by atoms with E-state index in [0.717, 1.165) is 23.1 Å². The highest BCUT2D eigenvalue weighted by Crippen LogP contribution is 2.18. The van der Waals surface area contributed by atoms with E-state index in [9.17, 15) is 4.79 Å². The molecule has 0 unspecified atom stereocenters. The molecule has 4 nitrogen and oxygen atoms in total. The Bertz CT molecular complexity index is 439. The van der Waals surface area contributed by atoms with Crippen molar-refractivity contribution in [2.24, 2.45) is 5.73 Å². The monoisotopic (exact) mass is 356 g/mol. The highest BCUT2D eigenvalue weighted by atomic mass is 79.9. The lowest BCUT2D eigenvalue weighted by atomic mass is 9.92. The number of rotatable bonds is 9. The summed E-state index contributed by atoms with van der Waals surface area (Å²) in [5.41, 5.74) is 5.52. The van der Waals surface area contributed by atoms with Crippen molar-refractivity contribution in [3.05, 3.63) is 28.7 Å². The lowest BCUT2D eigenvalue weighted by molar-refractivity contribution is -0.123. The fourth-order valence-corrected chi connectivity index (χ4v) is 2.48. The van der Waals surface area contributed by atoms with Crippen LogP contribution in [-0.4, -0.2) is 24.6 Å². The molecule has 1 rings (SSSR count). The van der Waals surface area contributed by atoms with Gasteiger partial charge in [0.1, 0.15) is 5.75 Å². The standard InChI is InChI=1S/C16H25BrN2O2/c1-3-16(4-2,12-18)19-15(20)9-6-10-21-14-8-5-7-13(17)11-14/h5,7-8,11H,3-4,6,9-10,12,18H2,1-2H3,(H,19,20). The van der Waals surface area contributed by atoms with E-state index in [1.54, 1.807) is 0 Å². The molecule has 0 heterocycles. The molecule has 0 atom stereocenters. The van der Waals surface area contributed by atoms with E-state index in [0.29, 0.717) is 26.0 Å². The van der Waals surface area contributed by atoms with Crippen molar-refractivity contribution in [3.8, 4) is 5.75 Å². The molecule has 3 N–H and O–H groups in total. The molecule has 1 aromatic rings. The molecule has 1 aromatic carbocycles. The van der Waals surface area contributed by atoms with Gasteiger partial charge in [-0.3, -0.25) is 4.79 Å². The van der Waals surface area contributed by atoms with E-state index in [1.165, 1.54) is 0 Å². The molecule has 0 radical (unpaired) electrons. The van der Waals surface area contributed by atoms with Crippen LogP contribution < -0.4 is 15.8 Å². The topological polar surface area (TPSA) is 64.3 Å².